The van der Waals surface area contributed by atoms with Gasteiger partial charge in [0.2, 0.25) is 5.91 Å². The summed E-state index contributed by atoms with van der Waals surface area (Å²) >= 11 is 0. The van der Waals surface area contributed by atoms with Gasteiger partial charge in [-0.1, -0.05) is 0 Å². The molecule has 2 aliphatic rings. The largest absolute Gasteiger partial charge is 0.472 e. The molecule has 9 heteroatoms. The molecule has 4 rings (SSSR count). The number of furan rings is 1. The Balaban J connectivity index is 1.59. The number of carbonyl (C=O) groups is 2. The lowest BCUT2D eigenvalue weighted by Crippen LogP contribution is -2.61. The average molecular weight is 406 g/mol. The van der Waals surface area contributed by atoms with Crippen molar-refractivity contribution in [3.63, 3.8) is 0 Å². The molecule has 0 aromatic carbocycles. The summed E-state index contributed by atoms with van der Waals surface area (Å²) < 4.78 is 36.0. The number of aromatic nitrogens is 2. The molecule has 2 saturated heterocycles. The van der Waals surface area contributed by atoms with Gasteiger partial charge in [0.25, 0.3) is 11.8 Å². The lowest BCUT2D eigenvalue weighted by molar-refractivity contribution is -0.166. The van der Waals surface area contributed by atoms with Crippen molar-refractivity contribution in [3.8, 4) is 0 Å². The van der Waals surface area contributed by atoms with Gasteiger partial charge in [-0.2, -0.15) is 5.10 Å². The number of piperidine rings is 2. The fourth-order valence-electron chi connectivity index (χ4n) is 4.64. The first kappa shape index (κ1) is 19.6. The van der Waals surface area contributed by atoms with Crippen LogP contribution in [0.15, 0.2) is 29.1 Å². The summed E-state index contributed by atoms with van der Waals surface area (Å²) in [6.07, 6.45) is 2.99. The van der Waals surface area contributed by atoms with Crippen molar-refractivity contribution in [1.29, 1.82) is 0 Å². The fourth-order valence-corrected chi connectivity index (χ4v) is 4.64. The number of halogens is 2. The fraction of sp³-hybridized carbons (Fsp3) is 0.550. The summed E-state index contributed by atoms with van der Waals surface area (Å²) in [6, 6.07) is 3.33. The summed E-state index contributed by atoms with van der Waals surface area (Å²) in [7, 11) is 1.80. The molecular formula is C20H24F2N4O3. The summed E-state index contributed by atoms with van der Waals surface area (Å²) in [5, 5.41) is 4.29. The molecule has 0 N–H and O–H groups in total. The topological polar surface area (TPSA) is 71.6 Å². The number of hydrogen-bond donors (Lipinski definition) is 0. The van der Waals surface area contributed by atoms with Gasteiger partial charge < -0.3 is 14.2 Å². The van der Waals surface area contributed by atoms with Gasteiger partial charge in [-0.3, -0.25) is 14.3 Å². The lowest BCUT2D eigenvalue weighted by atomic mass is 9.71. The van der Waals surface area contributed by atoms with Gasteiger partial charge in [-0.25, -0.2) is 8.78 Å². The number of hydrogen-bond acceptors (Lipinski definition) is 4. The van der Waals surface area contributed by atoms with Crippen LogP contribution in [0.2, 0.25) is 0 Å². The second kappa shape index (κ2) is 6.96. The van der Waals surface area contributed by atoms with E-state index in [9.17, 15) is 18.4 Å². The van der Waals surface area contributed by atoms with E-state index in [0.29, 0.717) is 25.9 Å². The second-order valence-corrected chi connectivity index (χ2v) is 8.22. The summed E-state index contributed by atoms with van der Waals surface area (Å²) in [5.74, 6) is -3.98. The third-order valence-electron chi connectivity index (χ3n) is 5.84. The Morgan fingerprint density at radius 1 is 1.34 bits per heavy atom. The summed E-state index contributed by atoms with van der Waals surface area (Å²) in [6.45, 7) is 1.99. The van der Waals surface area contributed by atoms with Crippen molar-refractivity contribution in [2.24, 2.45) is 12.5 Å². The molecule has 2 fully saturated rings. The molecule has 0 radical (unpaired) electrons. The van der Waals surface area contributed by atoms with Crippen molar-refractivity contribution in [3.05, 3.63) is 41.6 Å². The molecule has 7 nitrogen and oxygen atoms in total. The highest BCUT2D eigenvalue weighted by atomic mass is 19.3. The zero-order valence-corrected chi connectivity index (χ0v) is 16.5. The Bertz CT molecular complexity index is 924. The molecule has 29 heavy (non-hydrogen) atoms. The highest BCUT2D eigenvalue weighted by Crippen LogP contribution is 2.45. The molecule has 0 saturated carbocycles. The Labute approximate surface area is 167 Å². The number of likely N-dealkylation sites (tertiary alicyclic amines) is 2. The molecule has 0 unspecified atom stereocenters. The Hall–Kier alpha value is -2.71. The van der Waals surface area contributed by atoms with E-state index in [1.807, 2.05) is 13.0 Å². The Morgan fingerprint density at radius 2 is 2.14 bits per heavy atom. The molecule has 2 aromatic rings. The van der Waals surface area contributed by atoms with Crippen LogP contribution in [0.25, 0.3) is 0 Å². The minimum absolute atomic E-state index is 0.00759. The van der Waals surface area contributed by atoms with Crippen LogP contribution in [-0.2, 0) is 18.4 Å². The van der Waals surface area contributed by atoms with Gasteiger partial charge >= 0.3 is 0 Å². The van der Waals surface area contributed by atoms with Gasteiger partial charge in [-0.15, -0.1) is 0 Å². The van der Waals surface area contributed by atoms with E-state index >= 15 is 0 Å². The third-order valence-corrected chi connectivity index (χ3v) is 5.84. The maximum atomic E-state index is 14.7. The number of carbonyl (C=O) groups excluding carboxylic acids is 2. The van der Waals surface area contributed by atoms with E-state index in [-0.39, 0.29) is 18.0 Å². The van der Waals surface area contributed by atoms with Gasteiger partial charge in [0, 0.05) is 26.6 Å². The van der Waals surface area contributed by atoms with Crippen LogP contribution in [0.4, 0.5) is 8.78 Å². The average Bonchev–Trinajstić information content (AvgIpc) is 3.27. The highest BCUT2D eigenvalue weighted by Gasteiger charge is 2.56. The number of rotatable bonds is 3. The van der Waals surface area contributed by atoms with Gasteiger partial charge in [0.15, 0.2) is 0 Å². The van der Waals surface area contributed by atoms with Crippen molar-refractivity contribution in [2.45, 2.75) is 38.7 Å². The number of aryl methyl sites for hydroxylation is 2. The molecule has 4 heterocycles. The predicted octanol–water partition coefficient (Wildman–Crippen LogP) is 2.61. The number of nitrogens with zero attached hydrogens (tertiary/aromatic N) is 4. The van der Waals surface area contributed by atoms with Crippen LogP contribution in [0.5, 0.6) is 0 Å². The van der Waals surface area contributed by atoms with E-state index in [0.717, 1.165) is 16.3 Å². The molecule has 1 atom stereocenters. The number of alkyl halides is 2. The molecule has 2 aromatic heterocycles. The summed E-state index contributed by atoms with van der Waals surface area (Å²) in [5.41, 5.74) is 0.625. The van der Waals surface area contributed by atoms with Gasteiger partial charge in [0.1, 0.15) is 6.26 Å². The molecule has 0 aliphatic carbocycles. The smallest absolute Gasteiger partial charge is 0.266 e. The normalized spacial score (nSPS) is 24.3. The highest BCUT2D eigenvalue weighted by molar-refractivity contribution is 5.95. The van der Waals surface area contributed by atoms with Crippen LogP contribution in [-0.4, -0.2) is 57.0 Å². The van der Waals surface area contributed by atoms with E-state index in [2.05, 4.69) is 5.10 Å². The zero-order chi connectivity index (χ0) is 20.8. The van der Waals surface area contributed by atoms with Crippen LogP contribution in [0.3, 0.4) is 0 Å². The quantitative estimate of drug-likeness (QED) is 0.786. The molecule has 156 valence electrons. The first-order chi connectivity index (χ1) is 13.7. The maximum absolute atomic E-state index is 14.7. The molecule has 2 aliphatic heterocycles. The minimum Gasteiger partial charge on any atom is -0.472 e. The van der Waals surface area contributed by atoms with Gasteiger partial charge in [-0.05, 0) is 31.9 Å². The van der Waals surface area contributed by atoms with Crippen molar-refractivity contribution in [1.82, 2.24) is 19.6 Å². The molecular weight excluding hydrogens is 382 g/mol. The minimum atomic E-state index is -3.13. The second-order valence-electron chi connectivity index (χ2n) is 8.22. The SMILES string of the molecule is Cc1cc(CN2CCC[C@]3(CN(C(=O)c4ccoc4)CC(F)(F)C3)C2=O)n(C)n1. The molecule has 0 bridgehead atoms. The van der Waals surface area contributed by atoms with Gasteiger partial charge in [0.05, 0.1) is 41.7 Å². The van der Waals surface area contributed by atoms with Crippen LogP contribution < -0.4 is 0 Å². The molecule has 2 amide bonds. The lowest BCUT2D eigenvalue weighted by Gasteiger charge is -2.49. The third kappa shape index (κ3) is 3.65. The first-order valence-electron chi connectivity index (χ1n) is 9.67. The van der Waals surface area contributed by atoms with Crippen LogP contribution in [0.1, 0.15) is 41.0 Å². The monoisotopic (exact) mass is 406 g/mol. The standard InChI is InChI=1S/C20H24F2N4O3/c1-14-8-16(24(2)23-14)9-25-6-3-5-19(18(25)28)11-20(21,22)13-26(12-19)17(27)15-4-7-29-10-15/h4,7-8,10H,3,5-6,9,11-13H2,1-2H3/t19-/m0/s1. The Morgan fingerprint density at radius 3 is 2.79 bits per heavy atom. The van der Waals surface area contributed by atoms with E-state index in [1.165, 1.54) is 18.6 Å². The predicted molar refractivity (Wildman–Crippen MR) is 99.2 cm³/mol. The zero-order valence-electron chi connectivity index (χ0n) is 16.5. The Kier molecular flexibility index (Phi) is 4.71. The maximum Gasteiger partial charge on any atom is 0.266 e. The first-order valence-corrected chi connectivity index (χ1v) is 9.67. The molecule has 1 spiro atoms. The van der Waals surface area contributed by atoms with Crippen molar-refractivity contribution in [2.75, 3.05) is 19.6 Å². The van der Waals surface area contributed by atoms with E-state index in [1.54, 1.807) is 16.6 Å². The van der Waals surface area contributed by atoms with Crippen LogP contribution >= 0.6 is 0 Å². The van der Waals surface area contributed by atoms with E-state index in [4.69, 9.17) is 4.42 Å². The van der Waals surface area contributed by atoms with E-state index < -0.39 is 30.2 Å². The summed E-state index contributed by atoms with van der Waals surface area (Å²) in [4.78, 5) is 28.8. The van der Waals surface area contributed by atoms with Crippen LogP contribution in [0, 0.1) is 12.3 Å². The van der Waals surface area contributed by atoms with Crippen molar-refractivity contribution < 1.29 is 22.8 Å². The van der Waals surface area contributed by atoms with Crippen molar-refractivity contribution >= 4 is 11.8 Å². The number of amides is 2.